The molecule has 1 N–H and O–H groups in total. The van der Waals surface area contributed by atoms with Crippen molar-refractivity contribution in [3.8, 4) is 0 Å². The van der Waals surface area contributed by atoms with Gasteiger partial charge in [-0.15, -0.1) is 0 Å². The van der Waals surface area contributed by atoms with Crippen LogP contribution in [0.15, 0.2) is 0 Å². The molecule has 0 unspecified atom stereocenters. The van der Waals surface area contributed by atoms with E-state index in [4.69, 9.17) is 0 Å². The summed E-state index contributed by atoms with van der Waals surface area (Å²) in [7, 11) is -3.94. The van der Waals surface area contributed by atoms with Crippen LogP contribution in [0.4, 0.5) is 0 Å². The smallest absolute Gasteiger partial charge is 0.265 e. The quantitative estimate of drug-likeness (QED) is 0.124. The Morgan fingerprint density at radius 1 is 0.824 bits per heavy atom. The Morgan fingerprint density at radius 3 is 1.82 bits per heavy atom. The first kappa shape index (κ1) is 31.4. The number of amides is 1. The molecule has 1 amide bonds. The van der Waals surface area contributed by atoms with Crippen molar-refractivity contribution >= 4 is 16.0 Å². The average molecular weight is 504 g/mol. The van der Waals surface area contributed by atoms with E-state index in [-0.39, 0.29) is 17.6 Å². The lowest BCUT2D eigenvalue weighted by molar-refractivity contribution is -0.935. The van der Waals surface area contributed by atoms with Crippen molar-refractivity contribution in [1.82, 2.24) is 4.90 Å². The second-order valence-electron chi connectivity index (χ2n) is 10.6. The van der Waals surface area contributed by atoms with Crippen LogP contribution in [0.2, 0.25) is 0 Å². The van der Waals surface area contributed by atoms with Gasteiger partial charge in [0.2, 0.25) is 5.91 Å². The van der Waals surface area contributed by atoms with Gasteiger partial charge in [-0.1, -0.05) is 71.1 Å². The molecule has 202 valence electrons. The van der Waals surface area contributed by atoms with Crippen LogP contribution in [-0.4, -0.2) is 73.3 Å². The standard InChI is InChI=1S/C27H54N2O4S/c1-4-7-8-9-10-11-12-13-14-15-16-17-21-29(23-19-24-34(31,32)33)22-18-20-26(25-29)27(30)28(5-2)6-3/h26H,4-25H2,1-3H3/p+1/t26-,29-/m0/s1. The zero-order valence-electron chi connectivity index (χ0n) is 22.6. The van der Waals surface area contributed by atoms with E-state index in [1.54, 1.807) is 0 Å². The predicted molar refractivity (Wildman–Crippen MR) is 142 cm³/mol. The summed E-state index contributed by atoms with van der Waals surface area (Å²) in [6, 6.07) is 0. The molecule has 1 aliphatic rings. The van der Waals surface area contributed by atoms with Gasteiger partial charge in [0, 0.05) is 19.5 Å². The van der Waals surface area contributed by atoms with Crippen molar-refractivity contribution in [2.75, 3.05) is 45.0 Å². The summed E-state index contributed by atoms with van der Waals surface area (Å²) in [6.07, 6.45) is 18.3. The Bertz CT molecular complexity index is 637. The van der Waals surface area contributed by atoms with Crippen molar-refractivity contribution in [1.29, 1.82) is 0 Å². The van der Waals surface area contributed by atoms with Gasteiger partial charge in [-0.05, 0) is 39.5 Å². The first-order valence-corrected chi connectivity index (χ1v) is 16.0. The number of unbranched alkanes of at least 4 members (excludes halogenated alkanes) is 11. The zero-order chi connectivity index (χ0) is 25.3. The Balaban J connectivity index is 2.46. The summed E-state index contributed by atoms with van der Waals surface area (Å²) in [4.78, 5) is 15.0. The monoisotopic (exact) mass is 503 g/mol. The summed E-state index contributed by atoms with van der Waals surface area (Å²) in [5.74, 6) is 0.119. The van der Waals surface area contributed by atoms with E-state index in [0.717, 1.165) is 63.0 Å². The summed E-state index contributed by atoms with van der Waals surface area (Å²) in [5, 5.41) is 0. The molecule has 1 aliphatic heterocycles. The highest BCUT2D eigenvalue weighted by atomic mass is 32.2. The average Bonchev–Trinajstić information content (AvgIpc) is 2.80. The van der Waals surface area contributed by atoms with Crippen LogP contribution >= 0.6 is 0 Å². The van der Waals surface area contributed by atoms with Gasteiger partial charge in [0.15, 0.2) is 0 Å². The van der Waals surface area contributed by atoms with Crippen LogP contribution in [0.1, 0.15) is 117 Å². The molecule has 0 radical (unpaired) electrons. The number of hydrogen-bond donors (Lipinski definition) is 1. The Kier molecular flexibility index (Phi) is 16.3. The Morgan fingerprint density at radius 2 is 1.32 bits per heavy atom. The molecule has 0 aromatic rings. The fourth-order valence-corrected chi connectivity index (χ4v) is 6.20. The minimum absolute atomic E-state index is 0.0386. The second-order valence-corrected chi connectivity index (χ2v) is 12.1. The molecule has 0 saturated carbocycles. The molecule has 1 rings (SSSR count). The van der Waals surface area contributed by atoms with E-state index in [2.05, 4.69) is 6.92 Å². The number of piperidine rings is 1. The van der Waals surface area contributed by atoms with Crippen LogP contribution in [-0.2, 0) is 14.9 Å². The van der Waals surface area contributed by atoms with Gasteiger partial charge in [0.25, 0.3) is 10.1 Å². The number of carbonyl (C=O) groups excluding carboxylic acids is 1. The lowest BCUT2D eigenvalue weighted by Gasteiger charge is -2.45. The van der Waals surface area contributed by atoms with Crippen molar-refractivity contribution in [2.24, 2.45) is 5.92 Å². The largest absolute Gasteiger partial charge is 0.343 e. The predicted octanol–water partition coefficient (Wildman–Crippen LogP) is 6.06. The number of quaternary nitrogens is 1. The van der Waals surface area contributed by atoms with E-state index in [1.165, 1.54) is 70.6 Å². The first-order valence-electron chi connectivity index (χ1n) is 14.4. The summed E-state index contributed by atoms with van der Waals surface area (Å²) < 4.78 is 32.6. The number of hydrogen-bond acceptors (Lipinski definition) is 3. The molecule has 6 nitrogen and oxygen atoms in total. The molecule has 1 heterocycles. The maximum atomic E-state index is 13.0. The van der Waals surface area contributed by atoms with Gasteiger partial charge in [0.05, 0.1) is 37.8 Å². The van der Waals surface area contributed by atoms with E-state index >= 15 is 0 Å². The van der Waals surface area contributed by atoms with E-state index in [9.17, 15) is 17.8 Å². The summed E-state index contributed by atoms with van der Waals surface area (Å²) in [6.45, 7) is 11.4. The van der Waals surface area contributed by atoms with E-state index in [0.29, 0.717) is 6.42 Å². The molecule has 1 saturated heterocycles. The third kappa shape index (κ3) is 13.4. The Hall–Kier alpha value is -0.660. The third-order valence-corrected chi connectivity index (χ3v) is 8.54. The van der Waals surface area contributed by atoms with Crippen LogP contribution in [0, 0.1) is 5.92 Å². The van der Waals surface area contributed by atoms with Gasteiger partial charge in [-0.3, -0.25) is 9.35 Å². The summed E-state index contributed by atoms with van der Waals surface area (Å²) in [5.41, 5.74) is 0. The molecule has 0 bridgehead atoms. The SMILES string of the molecule is CCCCCCCCCCCCCC[N@@+]1(CCCS(=O)(=O)O)CCC[C@H](C(=O)N(CC)CC)C1. The minimum Gasteiger partial charge on any atom is -0.343 e. The lowest BCUT2D eigenvalue weighted by atomic mass is 9.93. The number of nitrogens with zero attached hydrogens (tertiary/aromatic N) is 2. The third-order valence-electron chi connectivity index (χ3n) is 7.74. The first-order chi connectivity index (χ1) is 16.3. The maximum absolute atomic E-state index is 13.0. The molecular formula is C27H55N2O4S+. The van der Waals surface area contributed by atoms with Gasteiger partial charge in [-0.25, -0.2) is 0 Å². The normalized spacial score (nSPS) is 21.0. The number of likely N-dealkylation sites (tertiary alicyclic amines) is 1. The van der Waals surface area contributed by atoms with Gasteiger partial charge in [-0.2, -0.15) is 8.42 Å². The van der Waals surface area contributed by atoms with Crippen LogP contribution < -0.4 is 0 Å². The van der Waals surface area contributed by atoms with E-state index < -0.39 is 10.1 Å². The second kappa shape index (κ2) is 17.7. The minimum atomic E-state index is -3.94. The van der Waals surface area contributed by atoms with Crippen LogP contribution in [0.3, 0.4) is 0 Å². The Labute approximate surface area is 211 Å². The van der Waals surface area contributed by atoms with Crippen molar-refractivity contribution in [3.63, 3.8) is 0 Å². The molecule has 0 aromatic carbocycles. The fourth-order valence-electron chi connectivity index (χ4n) is 5.71. The number of rotatable bonds is 20. The zero-order valence-corrected chi connectivity index (χ0v) is 23.4. The molecule has 7 heteroatoms. The molecule has 0 spiro atoms. The topological polar surface area (TPSA) is 74.7 Å². The maximum Gasteiger partial charge on any atom is 0.265 e. The van der Waals surface area contributed by atoms with Crippen molar-refractivity contribution in [2.45, 2.75) is 117 Å². The highest BCUT2D eigenvalue weighted by molar-refractivity contribution is 7.85. The molecule has 34 heavy (non-hydrogen) atoms. The van der Waals surface area contributed by atoms with Crippen molar-refractivity contribution < 1.29 is 22.2 Å². The lowest BCUT2D eigenvalue weighted by Crippen LogP contribution is -2.58. The van der Waals surface area contributed by atoms with Crippen LogP contribution in [0.25, 0.3) is 0 Å². The van der Waals surface area contributed by atoms with Crippen molar-refractivity contribution in [3.05, 3.63) is 0 Å². The molecule has 2 atom stereocenters. The highest BCUT2D eigenvalue weighted by Crippen LogP contribution is 2.27. The molecule has 0 aromatic heterocycles. The van der Waals surface area contributed by atoms with Gasteiger partial charge < -0.3 is 9.38 Å². The van der Waals surface area contributed by atoms with Crippen LogP contribution in [0.5, 0.6) is 0 Å². The molecular weight excluding hydrogens is 448 g/mol. The fraction of sp³-hybridized carbons (Fsp3) is 0.963. The molecule has 1 fully saturated rings. The van der Waals surface area contributed by atoms with Gasteiger partial charge in [0.1, 0.15) is 0 Å². The summed E-state index contributed by atoms with van der Waals surface area (Å²) >= 11 is 0. The van der Waals surface area contributed by atoms with Gasteiger partial charge >= 0.3 is 0 Å². The highest BCUT2D eigenvalue weighted by Gasteiger charge is 2.38. The molecule has 0 aliphatic carbocycles. The number of carbonyl (C=O) groups is 1. The van der Waals surface area contributed by atoms with E-state index in [1.807, 2.05) is 18.7 Å².